The molecule has 1 aromatic rings. The first kappa shape index (κ1) is 14.8. The summed E-state index contributed by atoms with van der Waals surface area (Å²) in [5, 5.41) is 12.5. The van der Waals surface area contributed by atoms with Gasteiger partial charge in [0.2, 0.25) is 0 Å². The van der Waals surface area contributed by atoms with Crippen LogP contribution in [0.5, 0.6) is 0 Å². The molecule has 124 valence electrons. The lowest BCUT2D eigenvalue weighted by atomic mass is 10.0. The third-order valence-electron chi connectivity index (χ3n) is 5.11. The van der Waals surface area contributed by atoms with Gasteiger partial charge in [0.1, 0.15) is 17.3 Å². The zero-order valence-electron chi connectivity index (χ0n) is 13.5. The number of nitrogens with zero attached hydrogens (tertiary/aromatic N) is 4. The smallest absolute Gasteiger partial charge is 0.270 e. The third kappa shape index (κ3) is 2.68. The number of hydrogen-bond donors (Lipinski definition) is 2. The standard InChI is InChI=1S/C16H23N5O2/c1-20-6-7-21(8-11(20)9-22)15-12-4-5-17-16(23)13(12)18-14(19-15)10-2-3-10/h10-11,22H,2-9H2,1H3,(H,17,23). The van der Waals surface area contributed by atoms with Gasteiger partial charge in [0.05, 0.1) is 12.6 Å². The lowest BCUT2D eigenvalue weighted by molar-refractivity contribution is 0.0939. The molecule has 2 N–H and O–H groups in total. The second kappa shape index (κ2) is 5.72. The average Bonchev–Trinajstić information content (AvgIpc) is 3.40. The van der Waals surface area contributed by atoms with Crippen molar-refractivity contribution in [3.05, 3.63) is 17.1 Å². The fourth-order valence-electron chi connectivity index (χ4n) is 3.41. The number of piperazine rings is 1. The average molecular weight is 317 g/mol. The van der Waals surface area contributed by atoms with Gasteiger partial charge in [0.25, 0.3) is 5.91 Å². The number of rotatable bonds is 3. The highest BCUT2D eigenvalue weighted by Crippen LogP contribution is 2.40. The molecule has 0 spiro atoms. The molecule has 7 heteroatoms. The van der Waals surface area contributed by atoms with Gasteiger partial charge < -0.3 is 15.3 Å². The zero-order valence-corrected chi connectivity index (χ0v) is 13.5. The Morgan fingerprint density at radius 2 is 2.13 bits per heavy atom. The molecule has 0 radical (unpaired) electrons. The van der Waals surface area contributed by atoms with Crippen molar-refractivity contribution in [1.29, 1.82) is 0 Å². The van der Waals surface area contributed by atoms with E-state index in [1.165, 1.54) is 0 Å². The normalized spacial score (nSPS) is 25.2. The van der Waals surface area contributed by atoms with Gasteiger partial charge in [-0.15, -0.1) is 0 Å². The highest BCUT2D eigenvalue weighted by molar-refractivity contribution is 5.96. The Kier molecular flexibility index (Phi) is 3.69. The minimum Gasteiger partial charge on any atom is -0.395 e. The molecule has 4 rings (SSSR count). The molecule has 3 aliphatic rings. The lowest BCUT2D eigenvalue weighted by Crippen LogP contribution is -2.53. The van der Waals surface area contributed by atoms with Crippen LogP contribution in [0.15, 0.2) is 0 Å². The third-order valence-corrected chi connectivity index (χ3v) is 5.11. The van der Waals surface area contributed by atoms with E-state index < -0.39 is 0 Å². The number of aliphatic hydroxyl groups excluding tert-OH is 1. The summed E-state index contributed by atoms with van der Waals surface area (Å²) in [6, 6.07) is 0.108. The molecule has 1 aromatic heterocycles. The van der Waals surface area contributed by atoms with Crippen LogP contribution in [0.25, 0.3) is 0 Å². The number of anilines is 1. The predicted molar refractivity (Wildman–Crippen MR) is 85.8 cm³/mol. The molecule has 0 bridgehead atoms. The molecule has 1 saturated carbocycles. The van der Waals surface area contributed by atoms with Gasteiger partial charge in [-0.25, -0.2) is 9.97 Å². The van der Waals surface area contributed by atoms with Gasteiger partial charge in [-0.1, -0.05) is 0 Å². The van der Waals surface area contributed by atoms with Gasteiger partial charge in [-0.05, 0) is 26.3 Å². The van der Waals surface area contributed by atoms with Crippen LogP contribution in [0.1, 0.15) is 40.6 Å². The van der Waals surface area contributed by atoms with E-state index in [2.05, 4.69) is 20.1 Å². The van der Waals surface area contributed by atoms with Crippen molar-refractivity contribution >= 4 is 11.7 Å². The molecular formula is C16H23N5O2. The van der Waals surface area contributed by atoms with Crippen LogP contribution < -0.4 is 10.2 Å². The van der Waals surface area contributed by atoms with Crippen molar-refractivity contribution in [2.45, 2.75) is 31.2 Å². The number of carbonyl (C=O) groups is 1. The molecule has 2 fully saturated rings. The van der Waals surface area contributed by atoms with E-state index in [0.29, 0.717) is 18.2 Å². The topological polar surface area (TPSA) is 81.6 Å². The Morgan fingerprint density at radius 3 is 2.87 bits per heavy atom. The summed E-state index contributed by atoms with van der Waals surface area (Å²) in [6.07, 6.45) is 3.00. The number of fused-ring (bicyclic) bond motifs is 1. The van der Waals surface area contributed by atoms with Gasteiger partial charge in [-0.3, -0.25) is 9.69 Å². The number of aliphatic hydroxyl groups is 1. The molecule has 1 unspecified atom stereocenters. The van der Waals surface area contributed by atoms with Gasteiger partial charge in [0, 0.05) is 37.7 Å². The van der Waals surface area contributed by atoms with E-state index in [0.717, 1.165) is 56.1 Å². The molecule has 1 saturated heterocycles. The number of nitrogens with one attached hydrogen (secondary N) is 1. The van der Waals surface area contributed by atoms with Crippen LogP contribution in [-0.2, 0) is 6.42 Å². The van der Waals surface area contributed by atoms with Crippen molar-refractivity contribution in [1.82, 2.24) is 20.2 Å². The van der Waals surface area contributed by atoms with Crippen molar-refractivity contribution in [3.8, 4) is 0 Å². The minimum absolute atomic E-state index is 0.0790. The second-order valence-corrected chi connectivity index (χ2v) is 6.78. The lowest BCUT2D eigenvalue weighted by Gasteiger charge is -2.40. The van der Waals surface area contributed by atoms with E-state index >= 15 is 0 Å². The van der Waals surface area contributed by atoms with Crippen LogP contribution in [0.3, 0.4) is 0 Å². The molecule has 2 aliphatic heterocycles. The molecule has 7 nitrogen and oxygen atoms in total. The van der Waals surface area contributed by atoms with E-state index in [9.17, 15) is 9.90 Å². The van der Waals surface area contributed by atoms with Crippen molar-refractivity contribution in [2.75, 3.05) is 44.7 Å². The van der Waals surface area contributed by atoms with Crippen molar-refractivity contribution in [2.24, 2.45) is 0 Å². The molecule has 3 heterocycles. The monoisotopic (exact) mass is 317 g/mol. The van der Waals surface area contributed by atoms with Gasteiger partial charge in [-0.2, -0.15) is 0 Å². The largest absolute Gasteiger partial charge is 0.395 e. The summed E-state index contributed by atoms with van der Waals surface area (Å²) in [5.74, 6) is 2.06. The molecule has 23 heavy (non-hydrogen) atoms. The predicted octanol–water partition coefficient (Wildman–Crippen LogP) is -0.247. The maximum absolute atomic E-state index is 12.2. The molecule has 0 aromatic carbocycles. The second-order valence-electron chi connectivity index (χ2n) is 6.78. The van der Waals surface area contributed by atoms with Crippen LogP contribution >= 0.6 is 0 Å². The number of carbonyl (C=O) groups excluding carboxylic acids is 1. The first-order valence-electron chi connectivity index (χ1n) is 8.42. The Labute approximate surface area is 135 Å². The van der Waals surface area contributed by atoms with E-state index in [4.69, 9.17) is 4.98 Å². The summed E-state index contributed by atoms with van der Waals surface area (Å²) in [6.45, 7) is 3.26. The Bertz CT molecular complexity index is 631. The molecule has 1 atom stereocenters. The molecule has 1 aliphatic carbocycles. The van der Waals surface area contributed by atoms with E-state index in [-0.39, 0.29) is 18.6 Å². The van der Waals surface area contributed by atoms with Crippen molar-refractivity contribution < 1.29 is 9.90 Å². The summed E-state index contributed by atoms with van der Waals surface area (Å²) >= 11 is 0. The quantitative estimate of drug-likeness (QED) is 0.800. The van der Waals surface area contributed by atoms with Gasteiger partial charge in [0.15, 0.2) is 0 Å². The van der Waals surface area contributed by atoms with E-state index in [1.807, 2.05) is 7.05 Å². The fraction of sp³-hybridized carbons (Fsp3) is 0.688. The summed E-state index contributed by atoms with van der Waals surface area (Å²) < 4.78 is 0. The maximum Gasteiger partial charge on any atom is 0.270 e. The molecule has 1 amide bonds. The maximum atomic E-state index is 12.2. The van der Waals surface area contributed by atoms with Gasteiger partial charge >= 0.3 is 0 Å². The summed E-state index contributed by atoms with van der Waals surface area (Å²) in [5.41, 5.74) is 1.53. The van der Waals surface area contributed by atoms with Crippen LogP contribution in [0, 0.1) is 0 Å². The number of likely N-dealkylation sites (N-methyl/N-ethyl adjacent to an activating group) is 1. The Balaban J connectivity index is 1.73. The number of amides is 1. The minimum atomic E-state index is -0.0790. The SMILES string of the molecule is CN1CCN(c2nc(C3CC3)nc3c2CCNC3=O)CC1CO. The zero-order chi connectivity index (χ0) is 16.0. The highest BCUT2D eigenvalue weighted by atomic mass is 16.3. The summed E-state index contributed by atoms with van der Waals surface area (Å²) in [7, 11) is 2.04. The van der Waals surface area contributed by atoms with E-state index in [1.54, 1.807) is 0 Å². The number of aromatic nitrogens is 2. The van der Waals surface area contributed by atoms with Crippen LogP contribution in [0.4, 0.5) is 5.82 Å². The Hall–Kier alpha value is -1.73. The first-order chi connectivity index (χ1) is 11.2. The first-order valence-corrected chi connectivity index (χ1v) is 8.42. The van der Waals surface area contributed by atoms with Crippen molar-refractivity contribution in [3.63, 3.8) is 0 Å². The fourth-order valence-corrected chi connectivity index (χ4v) is 3.41. The molecular weight excluding hydrogens is 294 g/mol. The highest BCUT2D eigenvalue weighted by Gasteiger charge is 2.34. The Morgan fingerprint density at radius 1 is 1.30 bits per heavy atom. The van der Waals surface area contributed by atoms with Crippen LogP contribution in [-0.4, -0.2) is 71.8 Å². The van der Waals surface area contributed by atoms with Crippen LogP contribution in [0.2, 0.25) is 0 Å². The number of hydrogen-bond acceptors (Lipinski definition) is 6. The summed E-state index contributed by atoms with van der Waals surface area (Å²) in [4.78, 5) is 26.0.